The number of ether oxygens (including phenoxy) is 1. The van der Waals surface area contributed by atoms with E-state index in [1.165, 1.54) is 24.3 Å². The smallest absolute Gasteiger partial charge is 0.215 e. The summed E-state index contributed by atoms with van der Waals surface area (Å²) in [6, 6.07) is 6.94. The molecule has 2 aliphatic heterocycles. The normalized spacial score (nSPS) is 31.7. The van der Waals surface area contributed by atoms with Gasteiger partial charge in [0.1, 0.15) is 10.6 Å². The van der Waals surface area contributed by atoms with Crippen molar-refractivity contribution in [3.63, 3.8) is 0 Å². The Hall–Kier alpha value is -1.75. The molecule has 2 aromatic rings. The first-order valence-corrected chi connectivity index (χ1v) is 14.9. The zero-order valence-electron chi connectivity index (χ0n) is 19.2. The number of rotatable bonds is 3. The number of nitrogens with one attached hydrogen (secondary N) is 1. The van der Waals surface area contributed by atoms with Crippen LogP contribution in [0.25, 0.3) is 0 Å². The first kappa shape index (κ1) is 24.9. The van der Waals surface area contributed by atoms with Crippen LogP contribution < -0.4 is 9.46 Å². The van der Waals surface area contributed by atoms with Gasteiger partial charge in [0.15, 0.2) is 21.4 Å². The Bertz CT molecular complexity index is 1380. The summed E-state index contributed by atoms with van der Waals surface area (Å²) in [4.78, 5) is -0.0568. The Morgan fingerprint density at radius 3 is 2.43 bits per heavy atom. The Morgan fingerprint density at radius 1 is 1.11 bits per heavy atom. The molecule has 0 unspecified atom stereocenters. The summed E-state index contributed by atoms with van der Waals surface area (Å²) in [5.74, 6) is -3.55. The lowest BCUT2D eigenvalue weighted by molar-refractivity contribution is 0.0472. The highest BCUT2D eigenvalue weighted by Gasteiger charge is 2.64. The summed E-state index contributed by atoms with van der Waals surface area (Å²) in [6.07, 6.45) is 0.276. The number of halogens is 3. The maximum absolute atomic E-state index is 15.5. The fraction of sp³-hybridized carbons (Fsp3) is 0.500. The van der Waals surface area contributed by atoms with E-state index < -0.39 is 65.1 Å². The number of benzene rings is 2. The van der Waals surface area contributed by atoms with E-state index in [0.717, 1.165) is 12.1 Å². The fourth-order valence-electron chi connectivity index (χ4n) is 6.30. The second-order valence-electron chi connectivity index (χ2n) is 9.99. The molecule has 2 heterocycles. The molecule has 2 aromatic carbocycles. The average Bonchev–Trinajstić information content (AvgIpc) is 2.79. The Balaban J connectivity index is 1.75. The minimum Gasteiger partial charge on any atom is -0.490 e. The maximum Gasteiger partial charge on any atom is 0.215 e. The second kappa shape index (κ2) is 8.39. The van der Waals surface area contributed by atoms with Crippen LogP contribution in [0.3, 0.4) is 0 Å². The third-order valence-corrected chi connectivity index (χ3v) is 12.9. The van der Waals surface area contributed by atoms with Crippen LogP contribution in [0.1, 0.15) is 38.7 Å². The highest BCUT2D eigenvalue weighted by atomic mass is 35.5. The Morgan fingerprint density at radius 2 is 1.77 bits per heavy atom. The number of hydrogen-bond acceptors (Lipinski definition) is 5. The van der Waals surface area contributed by atoms with Gasteiger partial charge >= 0.3 is 0 Å². The number of sulfone groups is 1. The van der Waals surface area contributed by atoms with Gasteiger partial charge in [0.05, 0.1) is 22.3 Å². The molecule has 35 heavy (non-hydrogen) atoms. The van der Waals surface area contributed by atoms with Gasteiger partial charge in [-0.05, 0) is 67.5 Å². The lowest BCUT2D eigenvalue weighted by Gasteiger charge is -2.55. The van der Waals surface area contributed by atoms with E-state index in [2.05, 4.69) is 4.72 Å². The summed E-state index contributed by atoms with van der Waals surface area (Å²) in [6.45, 7) is 3.42. The van der Waals surface area contributed by atoms with Crippen LogP contribution in [-0.4, -0.2) is 34.7 Å². The Kier molecular flexibility index (Phi) is 5.98. The van der Waals surface area contributed by atoms with Gasteiger partial charge in [-0.3, -0.25) is 0 Å². The number of sulfonamides is 1. The van der Waals surface area contributed by atoms with Crippen molar-refractivity contribution >= 4 is 31.5 Å². The molecule has 1 N–H and O–H groups in total. The van der Waals surface area contributed by atoms with Crippen LogP contribution in [0.4, 0.5) is 8.78 Å². The SMILES string of the molecule is CC(C)[C@@H]1C[C@@H]2[C@@H](CC[C@@]3(S(=O)(=O)c4ccc(Cl)cc4)c4c(F)ccc(F)c4OC[C@@H]23)NS1(=O)=O. The van der Waals surface area contributed by atoms with Crippen molar-refractivity contribution in [2.75, 3.05) is 6.61 Å². The third kappa shape index (κ3) is 3.62. The van der Waals surface area contributed by atoms with Crippen LogP contribution in [-0.2, 0) is 24.6 Å². The lowest BCUT2D eigenvalue weighted by Crippen LogP contribution is -2.64. The van der Waals surface area contributed by atoms with Crippen molar-refractivity contribution in [3.8, 4) is 5.75 Å². The van der Waals surface area contributed by atoms with Gasteiger partial charge < -0.3 is 4.74 Å². The van der Waals surface area contributed by atoms with Crippen molar-refractivity contribution in [1.82, 2.24) is 4.72 Å². The van der Waals surface area contributed by atoms with Gasteiger partial charge in [-0.25, -0.2) is 30.3 Å². The third-order valence-electron chi connectivity index (χ3n) is 7.91. The van der Waals surface area contributed by atoms with Crippen LogP contribution >= 0.6 is 11.6 Å². The molecule has 5 rings (SSSR count). The van der Waals surface area contributed by atoms with Crippen molar-refractivity contribution in [2.45, 2.75) is 54.0 Å². The van der Waals surface area contributed by atoms with E-state index >= 15 is 4.39 Å². The maximum atomic E-state index is 15.5. The van der Waals surface area contributed by atoms with Crippen molar-refractivity contribution in [3.05, 3.63) is 58.6 Å². The summed E-state index contributed by atoms with van der Waals surface area (Å²) < 4.78 is 91.5. The van der Waals surface area contributed by atoms with E-state index in [-0.39, 0.29) is 42.2 Å². The lowest BCUT2D eigenvalue weighted by atomic mass is 9.64. The van der Waals surface area contributed by atoms with E-state index in [0.29, 0.717) is 5.02 Å². The Labute approximate surface area is 209 Å². The standard InChI is InChI=1S/C24H26ClF2NO5S2/c1-13(2)21-11-16-17-12-33-23-19(27)8-7-18(26)22(23)24(17,10-9-20(16)28-35(21,31)32)34(29,30)15-5-3-14(25)4-6-15/h3-8,13,16-17,20-21,28H,9-12H2,1-2H3/t16-,17-,20+,21-,24-/m0/s1. The highest BCUT2D eigenvalue weighted by Crippen LogP contribution is 2.59. The highest BCUT2D eigenvalue weighted by molar-refractivity contribution is 7.92. The fourth-order valence-corrected chi connectivity index (χ4v) is 10.9. The molecule has 1 saturated carbocycles. The first-order chi connectivity index (χ1) is 16.4. The molecule has 2 fully saturated rings. The molecule has 0 aromatic heterocycles. The van der Waals surface area contributed by atoms with Crippen LogP contribution in [0.2, 0.25) is 5.02 Å². The molecule has 6 nitrogen and oxygen atoms in total. The summed E-state index contributed by atoms with van der Waals surface area (Å²) in [5, 5.41) is -0.399. The molecular weight excluding hydrogens is 520 g/mol. The molecule has 0 spiro atoms. The molecule has 1 saturated heterocycles. The molecule has 1 aliphatic carbocycles. The molecular formula is C24H26ClF2NO5S2. The summed E-state index contributed by atoms with van der Waals surface area (Å²) in [7, 11) is -7.90. The van der Waals surface area contributed by atoms with Gasteiger partial charge in [0.2, 0.25) is 10.0 Å². The van der Waals surface area contributed by atoms with Crippen molar-refractivity contribution < 1.29 is 30.4 Å². The number of hydrogen-bond donors (Lipinski definition) is 1. The summed E-state index contributed by atoms with van der Waals surface area (Å²) >= 11 is 5.98. The van der Waals surface area contributed by atoms with E-state index in [4.69, 9.17) is 16.3 Å². The largest absolute Gasteiger partial charge is 0.490 e. The van der Waals surface area contributed by atoms with Gasteiger partial charge in [-0.2, -0.15) is 0 Å². The molecule has 190 valence electrons. The topological polar surface area (TPSA) is 89.5 Å². The summed E-state index contributed by atoms with van der Waals surface area (Å²) in [5.41, 5.74) is -0.309. The molecule has 0 bridgehead atoms. The average molecular weight is 546 g/mol. The molecule has 0 radical (unpaired) electrons. The number of fused-ring (bicyclic) bond motifs is 5. The predicted octanol–water partition coefficient (Wildman–Crippen LogP) is 4.42. The van der Waals surface area contributed by atoms with Gasteiger partial charge in [0, 0.05) is 17.0 Å². The predicted molar refractivity (Wildman–Crippen MR) is 127 cm³/mol. The van der Waals surface area contributed by atoms with Crippen molar-refractivity contribution in [1.29, 1.82) is 0 Å². The zero-order chi connectivity index (χ0) is 25.3. The van der Waals surface area contributed by atoms with Gasteiger partial charge in [-0.15, -0.1) is 0 Å². The first-order valence-electron chi connectivity index (χ1n) is 11.5. The minimum atomic E-state index is -4.29. The van der Waals surface area contributed by atoms with E-state index in [1.54, 1.807) is 13.8 Å². The van der Waals surface area contributed by atoms with Gasteiger partial charge in [-0.1, -0.05) is 25.4 Å². The monoisotopic (exact) mass is 545 g/mol. The molecule has 0 amide bonds. The second-order valence-corrected chi connectivity index (χ2v) is 14.6. The van der Waals surface area contributed by atoms with Crippen molar-refractivity contribution in [2.24, 2.45) is 17.8 Å². The zero-order valence-corrected chi connectivity index (χ0v) is 21.6. The van der Waals surface area contributed by atoms with E-state index in [1.807, 2.05) is 0 Å². The minimum absolute atomic E-state index is 0.0568. The quantitative estimate of drug-likeness (QED) is 0.616. The molecule has 11 heteroatoms. The van der Waals surface area contributed by atoms with E-state index in [9.17, 15) is 21.2 Å². The van der Waals surface area contributed by atoms with Crippen LogP contribution in [0.15, 0.2) is 41.3 Å². The molecule has 3 aliphatic rings. The van der Waals surface area contributed by atoms with Gasteiger partial charge in [0.25, 0.3) is 0 Å². The van der Waals surface area contributed by atoms with Crippen LogP contribution in [0.5, 0.6) is 5.75 Å². The molecule has 5 atom stereocenters. The van der Waals surface area contributed by atoms with Crippen LogP contribution in [0, 0.1) is 29.4 Å².